The van der Waals surface area contributed by atoms with E-state index in [1.54, 1.807) is 7.05 Å². The topological polar surface area (TPSA) is 124 Å². The Labute approximate surface area is 199 Å². The molecule has 1 aliphatic heterocycles. The highest BCUT2D eigenvalue weighted by Crippen LogP contribution is 2.13. The van der Waals surface area contributed by atoms with Gasteiger partial charge in [-0.25, -0.2) is 9.59 Å². The maximum atomic E-state index is 11.8. The van der Waals surface area contributed by atoms with E-state index in [-0.39, 0.29) is 49.0 Å². The van der Waals surface area contributed by atoms with E-state index in [1.165, 1.54) is 4.90 Å². The number of ether oxygens (including phenoxy) is 1. The van der Waals surface area contributed by atoms with Gasteiger partial charge in [0.05, 0.1) is 6.54 Å². The molecule has 0 atom stereocenters. The SMILES string of the molecule is CN=C(NCCc1ccc(NC(=O)OC(C)(C)C)cc1)NCCN1C(=O)CNC1=O.I. The van der Waals surface area contributed by atoms with Crippen LogP contribution in [0.15, 0.2) is 29.3 Å². The molecule has 11 heteroatoms. The number of halogens is 1. The van der Waals surface area contributed by atoms with Gasteiger partial charge in [-0.3, -0.25) is 20.0 Å². The summed E-state index contributed by atoms with van der Waals surface area (Å²) in [6.07, 6.45) is 0.264. The smallest absolute Gasteiger partial charge is 0.412 e. The van der Waals surface area contributed by atoms with Gasteiger partial charge >= 0.3 is 12.1 Å². The zero-order chi connectivity index (χ0) is 22.1. The van der Waals surface area contributed by atoms with Gasteiger partial charge in [-0.2, -0.15) is 0 Å². The second kappa shape index (κ2) is 12.3. The van der Waals surface area contributed by atoms with Crippen molar-refractivity contribution in [2.45, 2.75) is 32.8 Å². The van der Waals surface area contributed by atoms with Gasteiger partial charge in [-0.05, 0) is 44.9 Å². The summed E-state index contributed by atoms with van der Waals surface area (Å²) < 4.78 is 5.23. The van der Waals surface area contributed by atoms with E-state index in [9.17, 15) is 14.4 Å². The molecule has 0 saturated carbocycles. The molecule has 4 N–H and O–H groups in total. The van der Waals surface area contributed by atoms with Crippen molar-refractivity contribution in [3.63, 3.8) is 0 Å². The van der Waals surface area contributed by atoms with Crippen molar-refractivity contribution in [2.24, 2.45) is 4.99 Å². The maximum absolute atomic E-state index is 11.8. The number of nitrogens with zero attached hydrogens (tertiary/aromatic N) is 2. The Morgan fingerprint density at radius 1 is 1.16 bits per heavy atom. The highest BCUT2D eigenvalue weighted by Gasteiger charge is 2.27. The molecule has 31 heavy (non-hydrogen) atoms. The van der Waals surface area contributed by atoms with Gasteiger partial charge in [0, 0.05) is 32.4 Å². The molecule has 1 aliphatic rings. The Bertz CT molecular complexity index is 776. The third kappa shape index (κ3) is 9.40. The van der Waals surface area contributed by atoms with E-state index < -0.39 is 11.7 Å². The van der Waals surface area contributed by atoms with Crippen molar-refractivity contribution in [1.29, 1.82) is 0 Å². The summed E-state index contributed by atoms with van der Waals surface area (Å²) in [7, 11) is 1.65. The average Bonchev–Trinajstić information content (AvgIpc) is 2.98. The van der Waals surface area contributed by atoms with Gasteiger partial charge in [0.1, 0.15) is 5.60 Å². The van der Waals surface area contributed by atoms with Gasteiger partial charge in [-0.15, -0.1) is 24.0 Å². The number of carbonyl (C=O) groups excluding carboxylic acids is 3. The lowest BCUT2D eigenvalue weighted by molar-refractivity contribution is -0.124. The molecule has 1 heterocycles. The van der Waals surface area contributed by atoms with Gasteiger partial charge in [0.15, 0.2) is 5.96 Å². The number of aliphatic imine (C=N–C) groups is 1. The van der Waals surface area contributed by atoms with Crippen LogP contribution in [0.25, 0.3) is 0 Å². The average molecular weight is 546 g/mol. The minimum atomic E-state index is -0.543. The molecule has 0 bridgehead atoms. The van der Waals surface area contributed by atoms with Gasteiger partial charge in [-0.1, -0.05) is 12.1 Å². The fraction of sp³-hybridized carbons (Fsp3) is 0.500. The molecule has 172 valence electrons. The summed E-state index contributed by atoms with van der Waals surface area (Å²) in [4.78, 5) is 40.1. The van der Waals surface area contributed by atoms with Crippen LogP contribution in [0.2, 0.25) is 0 Å². The number of urea groups is 1. The molecular weight excluding hydrogens is 515 g/mol. The van der Waals surface area contributed by atoms with Crippen molar-refractivity contribution >= 4 is 53.7 Å². The number of rotatable bonds is 7. The number of guanidine groups is 1. The van der Waals surface area contributed by atoms with E-state index in [1.807, 2.05) is 45.0 Å². The zero-order valence-electron chi connectivity index (χ0n) is 18.3. The van der Waals surface area contributed by atoms with Crippen molar-refractivity contribution in [1.82, 2.24) is 20.9 Å². The van der Waals surface area contributed by atoms with Crippen LogP contribution in [0.3, 0.4) is 0 Å². The minimum absolute atomic E-state index is 0. The zero-order valence-corrected chi connectivity index (χ0v) is 20.6. The molecular formula is C20H31IN6O4. The lowest BCUT2D eigenvalue weighted by Gasteiger charge is -2.19. The summed E-state index contributed by atoms with van der Waals surface area (Å²) in [5.74, 6) is 0.361. The number of hydrogen-bond donors (Lipinski definition) is 4. The molecule has 0 spiro atoms. The molecule has 0 unspecified atom stereocenters. The van der Waals surface area contributed by atoms with Crippen LogP contribution >= 0.6 is 24.0 Å². The van der Waals surface area contributed by atoms with E-state index >= 15 is 0 Å². The van der Waals surface area contributed by atoms with Crippen LogP contribution in [0.1, 0.15) is 26.3 Å². The number of imide groups is 1. The highest BCUT2D eigenvalue weighted by molar-refractivity contribution is 14.0. The van der Waals surface area contributed by atoms with E-state index in [0.29, 0.717) is 24.7 Å². The first kappa shape index (κ1) is 26.5. The molecule has 4 amide bonds. The minimum Gasteiger partial charge on any atom is -0.444 e. The van der Waals surface area contributed by atoms with Gasteiger partial charge < -0.3 is 20.7 Å². The molecule has 10 nitrogen and oxygen atoms in total. The molecule has 1 fully saturated rings. The summed E-state index contributed by atoms with van der Waals surface area (Å²) in [5, 5.41) is 11.4. The second-order valence-electron chi connectivity index (χ2n) is 7.70. The Morgan fingerprint density at radius 2 is 1.81 bits per heavy atom. The number of anilines is 1. The lowest BCUT2D eigenvalue weighted by atomic mass is 10.1. The van der Waals surface area contributed by atoms with Crippen LogP contribution < -0.4 is 21.3 Å². The van der Waals surface area contributed by atoms with Crippen molar-refractivity contribution in [3.05, 3.63) is 29.8 Å². The van der Waals surface area contributed by atoms with Crippen LogP contribution in [0, 0.1) is 0 Å². The quantitative estimate of drug-likeness (QED) is 0.179. The third-order valence-corrected chi connectivity index (χ3v) is 4.09. The van der Waals surface area contributed by atoms with Crippen LogP contribution in [0.4, 0.5) is 15.3 Å². The fourth-order valence-electron chi connectivity index (χ4n) is 2.69. The normalized spacial score (nSPS) is 13.9. The fourth-order valence-corrected chi connectivity index (χ4v) is 2.69. The molecule has 0 aromatic heterocycles. The Kier molecular flexibility index (Phi) is 10.5. The van der Waals surface area contributed by atoms with Crippen LogP contribution in [0.5, 0.6) is 0 Å². The van der Waals surface area contributed by atoms with Crippen LogP contribution in [-0.2, 0) is 16.0 Å². The lowest BCUT2D eigenvalue weighted by Crippen LogP contribution is -2.43. The van der Waals surface area contributed by atoms with E-state index in [4.69, 9.17) is 4.74 Å². The first-order valence-electron chi connectivity index (χ1n) is 9.79. The number of amides is 4. The summed E-state index contributed by atoms with van der Waals surface area (Å²) >= 11 is 0. The van der Waals surface area contributed by atoms with Crippen molar-refractivity contribution in [3.8, 4) is 0 Å². The predicted molar refractivity (Wildman–Crippen MR) is 130 cm³/mol. The largest absolute Gasteiger partial charge is 0.444 e. The highest BCUT2D eigenvalue weighted by atomic mass is 127. The molecule has 1 aromatic rings. The second-order valence-corrected chi connectivity index (χ2v) is 7.70. The Morgan fingerprint density at radius 3 is 2.35 bits per heavy atom. The molecule has 0 aliphatic carbocycles. The summed E-state index contributed by atoms with van der Waals surface area (Å²) in [5.41, 5.74) is 1.21. The monoisotopic (exact) mass is 546 g/mol. The standard InChI is InChI=1S/C20H30N6O4.HI/c1-20(2,3)30-19(29)25-15-7-5-14(6-8-15)9-10-22-17(21-4)23-11-12-26-16(27)13-24-18(26)28;/h5-8H,9-13H2,1-4H3,(H,24,28)(H,25,29)(H2,21,22,23);1H. The maximum Gasteiger partial charge on any atom is 0.412 e. The summed E-state index contributed by atoms with van der Waals surface area (Å²) in [6, 6.07) is 7.15. The van der Waals surface area contributed by atoms with Crippen molar-refractivity contribution < 1.29 is 19.1 Å². The third-order valence-electron chi connectivity index (χ3n) is 4.09. The van der Waals surface area contributed by atoms with E-state index in [2.05, 4.69) is 26.3 Å². The molecule has 1 saturated heterocycles. The van der Waals surface area contributed by atoms with Gasteiger partial charge in [0.25, 0.3) is 0 Å². The van der Waals surface area contributed by atoms with Gasteiger partial charge in [0.2, 0.25) is 5.91 Å². The number of hydrogen-bond acceptors (Lipinski definition) is 5. The first-order chi connectivity index (χ1) is 14.2. The molecule has 0 radical (unpaired) electrons. The van der Waals surface area contributed by atoms with Crippen LogP contribution in [-0.4, -0.2) is 67.7 Å². The number of nitrogens with one attached hydrogen (secondary N) is 4. The Balaban J connectivity index is 0.00000480. The first-order valence-corrected chi connectivity index (χ1v) is 9.79. The number of benzene rings is 1. The van der Waals surface area contributed by atoms with Crippen molar-refractivity contribution in [2.75, 3.05) is 38.5 Å². The Hall–Kier alpha value is -2.57. The number of carbonyl (C=O) groups is 3. The van der Waals surface area contributed by atoms with E-state index in [0.717, 1.165) is 12.0 Å². The molecule has 1 aromatic carbocycles. The summed E-state index contributed by atoms with van der Waals surface area (Å²) in [6.45, 7) is 6.82. The predicted octanol–water partition coefficient (Wildman–Crippen LogP) is 1.91. The molecule has 2 rings (SSSR count).